The molecule has 19 heavy (non-hydrogen) atoms. The van der Waals surface area contributed by atoms with Crippen molar-refractivity contribution in [2.24, 2.45) is 7.05 Å². The first-order valence-corrected chi connectivity index (χ1v) is 7.04. The quantitative estimate of drug-likeness (QED) is 0.858. The zero-order chi connectivity index (χ0) is 14.2. The number of aromatic nitrogens is 4. The molecule has 0 aliphatic carbocycles. The van der Waals surface area contributed by atoms with Gasteiger partial charge in [0.05, 0.1) is 35.0 Å². The van der Waals surface area contributed by atoms with E-state index in [-0.39, 0.29) is 5.56 Å². The molecule has 0 aliphatic heterocycles. The highest BCUT2D eigenvalue weighted by atomic mass is 79.9. The Kier molecular flexibility index (Phi) is 4.10. The first-order chi connectivity index (χ1) is 8.95. The second kappa shape index (κ2) is 5.46. The van der Waals surface area contributed by atoms with E-state index in [4.69, 9.17) is 11.6 Å². The molecule has 0 bridgehead atoms. The van der Waals surface area contributed by atoms with E-state index in [0.717, 1.165) is 17.8 Å². The fourth-order valence-electron chi connectivity index (χ4n) is 1.81. The van der Waals surface area contributed by atoms with Crippen LogP contribution in [0.3, 0.4) is 0 Å². The molecule has 102 valence electrons. The number of hydrogen-bond acceptors (Lipinski definition) is 3. The van der Waals surface area contributed by atoms with E-state index < -0.39 is 0 Å². The predicted octanol–water partition coefficient (Wildman–Crippen LogP) is 2.31. The highest BCUT2D eigenvalue weighted by Crippen LogP contribution is 2.21. The zero-order valence-electron chi connectivity index (χ0n) is 10.9. The number of halogens is 2. The van der Waals surface area contributed by atoms with Crippen LogP contribution >= 0.6 is 27.5 Å². The number of hydrogen-bond donors (Lipinski definition) is 0. The lowest BCUT2D eigenvalue weighted by atomic mass is 10.3. The van der Waals surface area contributed by atoms with Gasteiger partial charge in [0, 0.05) is 7.05 Å². The lowest BCUT2D eigenvalue weighted by molar-refractivity contribution is 0.638. The summed E-state index contributed by atoms with van der Waals surface area (Å²) in [4.78, 5) is 16.3. The van der Waals surface area contributed by atoms with Gasteiger partial charge < -0.3 is 0 Å². The molecule has 2 aromatic heterocycles. The molecule has 0 unspecified atom stereocenters. The van der Waals surface area contributed by atoms with Crippen LogP contribution in [0.1, 0.15) is 24.0 Å². The molecule has 0 saturated carbocycles. The van der Waals surface area contributed by atoms with Crippen LogP contribution in [0.5, 0.6) is 0 Å². The summed E-state index contributed by atoms with van der Waals surface area (Å²) in [5.41, 5.74) is 2.19. The highest BCUT2D eigenvalue weighted by Gasteiger charge is 2.15. The molecule has 0 aliphatic rings. The standard InChI is InChI=1S/C12H14BrClN4O/c1-4-8-11(14)9(17(3)16-8)5-18-6-15-7(2)10(13)12(18)19/h6H,4-5H2,1-3H3. The second-order valence-corrected chi connectivity index (χ2v) is 5.43. The summed E-state index contributed by atoms with van der Waals surface area (Å²) < 4.78 is 3.70. The van der Waals surface area contributed by atoms with E-state index in [0.29, 0.717) is 21.7 Å². The Balaban J connectivity index is 2.45. The molecule has 0 fully saturated rings. The first-order valence-electron chi connectivity index (χ1n) is 5.87. The molecule has 0 spiro atoms. The average Bonchev–Trinajstić information content (AvgIpc) is 2.66. The van der Waals surface area contributed by atoms with Crippen molar-refractivity contribution in [2.75, 3.05) is 0 Å². The van der Waals surface area contributed by atoms with E-state index in [9.17, 15) is 4.79 Å². The fourth-order valence-corrected chi connectivity index (χ4v) is 2.50. The molecule has 5 nitrogen and oxygen atoms in total. The normalized spacial score (nSPS) is 11.0. The van der Waals surface area contributed by atoms with E-state index in [1.54, 1.807) is 11.6 Å². The largest absolute Gasteiger partial charge is 0.292 e. The first kappa shape index (κ1) is 14.3. The Morgan fingerprint density at radius 1 is 1.47 bits per heavy atom. The van der Waals surface area contributed by atoms with Crippen molar-refractivity contribution < 1.29 is 0 Å². The van der Waals surface area contributed by atoms with Gasteiger partial charge in [-0.25, -0.2) is 4.98 Å². The van der Waals surface area contributed by atoms with Crippen LogP contribution in [-0.4, -0.2) is 19.3 Å². The molecule has 0 amide bonds. The van der Waals surface area contributed by atoms with Crippen LogP contribution in [0.4, 0.5) is 0 Å². The third-order valence-electron chi connectivity index (χ3n) is 2.98. The molecule has 0 atom stereocenters. The van der Waals surface area contributed by atoms with Crippen molar-refractivity contribution in [3.8, 4) is 0 Å². The summed E-state index contributed by atoms with van der Waals surface area (Å²) in [6.07, 6.45) is 2.29. The maximum atomic E-state index is 12.1. The Morgan fingerprint density at radius 3 is 2.74 bits per heavy atom. The molecule has 2 aromatic rings. The van der Waals surface area contributed by atoms with Crippen molar-refractivity contribution in [1.82, 2.24) is 19.3 Å². The Morgan fingerprint density at radius 2 is 2.16 bits per heavy atom. The molecular formula is C12H14BrClN4O. The van der Waals surface area contributed by atoms with Gasteiger partial charge in [-0.3, -0.25) is 14.0 Å². The van der Waals surface area contributed by atoms with Gasteiger partial charge in [0.1, 0.15) is 4.47 Å². The average molecular weight is 346 g/mol. The van der Waals surface area contributed by atoms with E-state index in [2.05, 4.69) is 26.0 Å². The van der Waals surface area contributed by atoms with E-state index >= 15 is 0 Å². The van der Waals surface area contributed by atoms with Crippen LogP contribution in [0.25, 0.3) is 0 Å². The van der Waals surface area contributed by atoms with Gasteiger partial charge in [-0.2, -0.15) is 5.10 Å². The topological polar surface area (TPSA) is 52.7 Å². The van der Waals surface area contributed by atoms with Gasteiger partial charge >= 0.3 is 0 Å². The third-order valence-corrected chi connectivity index (χ3v) is 4.33. The van der Waals surface area contributed by atoms with Gasteiger partial charge in [0.15, 0.2) is 0 Å². The summed E-state index contributed by atoms with van der Waals surface area (Å²) >= 11 is 9.52. The maximum Gasteiger partial charge on any atom is 0.268 e. The minimum absolute atomic E-state index is 0.122. The van der Waals surface area contributed by atoms with Crippen molar-refractivity contribution in [1.29, 1.82) is 0 Å². The van der Waals surface area contributed by atoms with Gasteiger partial charge in [-0.15, -0.1) is 0 Å². The Hall–Kier alpha value is -1.14. The summed E-state index contributed by atoms with van der Waals surface area (Å²) in [6.45, 7) is 4.13. The summed E-state index contributed by atoms with van der Waals surface area (Å²) in [6, 6.07) is 0. The van der Waals surface area contributed by atoms with Crippen LogP contribution in [0.15, 0.2) is 15.6 Å². The molecule has 0 aromatic carbocycles. The van der Waals surface area contributed by atoms with Crippen molar-refractivity contribution in [3.63, 3.8) is 0 Å². The summed E-state index contributed by atoms with van der Waals surface area (Å²) in [5.74, 6) is 0. The van der Waals surface area contributed by atoms with Gasteiger partial charge in [-0.05, 0) is 29.3 Å². The molecule has 2 rings (SSSR count). The highest BCUT2D eigenvalue weighted by molar-refractivity contribution is 9.10. The maximum absolute atomic E-state index is 12.1. The summed E-state index contributed by atoms with van der Waals surface area (Å²) in [5, 5.41) is 4.95. The van der Waals surface area contributed by atoms with Crippen molar-refractivity contribution in [2.45, 2.75) is 26.8 Å². The second-order valence-electron chi connectivity index (χ2n) is 4.26. The predicted molar refractivity (Wildman–Crippen MR) is 77.6 cm³/mol. The number of rotatable bonds is 3. The van der Waals surface area contributed by atoms with E-state index in [1.807, 2.05) is 14.0 Å². The van der Waals surface area contributed by atoms with Crippen LogP contribution < -0.4 is 5.56 Å². The van der Waals surface area contributed by atoms with Crippen LogP contribution in [-0.2, 0) is 20.0 Å². The molecule has 0 N–H and O–H groups in total. The Bertz CT molecular complexity index is 677. The molecule has 0 saturated heterocycles. The molecule has 7 heteroatoms. The number of aryl methyl sites for hydroxylation is 3. The van der Waals surface area contributed by atoms with Crippen molar-refractivity contribution >= 4 is 27.5 Å². The molecule has 2 heterocycles. The number of nitrogens with zero attached hydrogens (tertiary/aromatic N) is 4. The zero-order valence-corrected chi connectivity index (χ0v) is 13.3. The smallest absolute Gasteiger partial charge is 0.268 e. The van der Waals surface area contributed by atoms with Crippen LogP contribution in [0.2, 0.25) is 5.02 Å². The van der Waals surface area contributed by atoms with Gasteiger partial charge in [-0.1, -0.05) is 18.5 Å². The lowest BCUT2D eigenvalue weighted by Gasteiger charge is -2.07. The minimum atomic E-state index is -0.122. The SMILES string of the molecule is CCc1nn(C)c(Cn2cnc(C)c(Br)c2=O)c1Cl. The third kappa shape index (κ3) is 2.60. The molecular weight excluding hydrogens is 332 g/mol. The summed E-state index contributed by atoms with van der Waals surface area (Å²) in [7, 11) is 1.82. The van der Waals surface area contributed by atoms with Crippen LogP contribution in [0, 0.1) is 6.92 Å². The monoisotopic (exact) mass is 344 g/mol. The fraction of sp³-hybridized carbons (Fsp3) is 0.417. The minimum Gasteiger partial charge on any atom is -0.292 e. The Labute approximate surface area is 124 Å². The van der Waals surface area contributed by atoms with Crippen molar-refractivity contribution in [3.05, 3.63) is 43.3 Å². The van der Waals surface area contributed by atoms with E-state index in [1.165, 1.54) is 10.9 Å². The van der Waals surface area contributed by atoms with Gasteiger partial charge in [0.25, 0.3) is 5.56 Å². The molecule has 0 radical (unpaired) electrons. The van der Waals surface area contributed by atoms with Gasteiger partial charge in [0.2, 0.25) is 0 Å². The lowest BCUT2D eigenvalue weighted by Crippen LogP contribution is -2.23.